The van der Waals surface area contributed by atoms with Crippen LogP contribution in [0.4, 0.5) is 11.8 Å². The number of amides is 1. The van der Waals surface area contributed by atoms with Crippen LogP contribution in [0, 0.1) is 6.92 Å². The summed E-state index contributed by atoms with van der Waals surface area (Å²) in [6, 6.07) is 1.74. The zero-order valence-corrected chi connectivity index (χ0v) is 13.2. The van der Waals surface area contributed by atoms with E-state index in [1.165, 1.54) is 12.4 Å². The molecule has 0 aliphatic heterocycles. The molecule has 22 heavy (non-hydrogen) atoms. The van der Waals surface area contributed by atoms with Crippen LogP contribution in [0.1, 0.15) is 42.8 Å². The summed E-state index contributed by atoms with van der Waals surface area (Å²) in [7, 11) is 0. The Bertz CT molecular complexity index is 603. The molecule has 2 heterocycles. The van der Waals surface area contributed by atoms with Gasteiger partial charge in [0.05, 0.1) is 5.56 Å². The number of rotatable bonds is 7. The molecule has 0 fully saturated rings. The summed E-state index contributed by atoms with van der Waals surface area (Å²) in [5.41, 5.74) is 0.490. The highest BCUT2D eigenvalue weighted by atomic mass is 16.5. The van der Waals surface area contributed by atoms with Crippen LogP contribution in [-0.2, 0) is 0 Å². The van der Waals surface area contributed by atoms with Crippen molar-refractivity contribution in [3.05, 3.63) is 29.8 Å². The Morgan fingerprint density at radius 1 is 1.23 bits per heavy atom. The first-order chi connectivity index (χ1) is 10.6. The average molecular weight is 303 g/mol. The van der Waals surface area contributed by atoms with Gasteiger partial charge in [0, 0.05) is 31.5 Å². The smallest absolute Gasteiger partial charge is 0.256 e. The van der Waals surface area contributed by atoms with Crippen molar-refractivity contribution in [2.24, 2.45) is 0 Å². The minimum Gasteiger partial charge on any atom is -0.360 e. The van der Waals surface area contributed by atoms with Gasteiger partial charge in [0.25, 0.3) is 5.91 Å². The Kier molecular flexibility index (Phi) is 5.46. The summed E-state index contributed by atoms with van der Waals surface area (Å²) in [6.45, 7) is 7.39. The summed E-state index contributed by atoms with van der Waals surface area (Å²) in [4.78, 5) is 22.5. The van der Waals surface area contributed by atoms with Crippen LogP contribution in [0.3, 0.4) is 0 Å². The second kappa shape index (κ2) is 7.53. The number of hydrogen-bond donors (Lipinski definition) is 1. The van der Waals surface area contributed by atoms with Gasteiger partial charge in [-0.1, -0.05) is 19.0 Å². The van der Waals surface area contributed by atoms with Crippen LogP contribution in [0.25, 0.3) is 0 Å². The molecule has 118 valence electrons. The highest BCUT2D eigenvalue weighted by molar-refractivity contribution is 5.93. The quantitative estimate of drug-likeness (QED) is 0.846. The van der Waals surface area contributed by atoms with Gasteiger partial charge in [-0.05, 0) is 19.8 Å². The predicted molar refractivity (Wildman–Crippen MR) is 83.0 cm³/mol. The van der Waals surface area contributed by atoms with E-state index in [1.54, 1.807) is 13.0 Å². The van der Waals surface area contributed by atoms with Crippen molar-refractivity contribution in [2.45, 2.75) is 33.6 Å². The van der Waals surface area contributed by atoms with Crippen molar-refractivity contribution in [1.82, 2.24) is 20.0 Å². The molecule has 0 atom stereocenters. The maximum absolute atomic E-state index is 12.4. The van der Waals surface area contributed by atoms with Crippen molar-refractivity contribution < 1.29 is 9.32 Å². The molecule has 0 radical (unpaired) electrons. The molecular formula is C15H21N5O2. The van der Waals surface area contributed by atoms with Crippen LogP contribution >= 0.6 is 0 Å². The molecule has 7 heteroatoms. The Balaban J connectivity index is 2.05. The first kappa shape index (κ1) is 15.9. The first-order valence-electron chi connectivity index (χ1n) is 7.45. The van der Waals surface area contributed by atoms with Crippen molar-refractivity contribution in [3.63, 3.8) is 0 Å². The monoisotopic (exact) mass is 303 g/mol. The normalized spacial score (nSPS) is 10.5. The molecule has 0 aromatic carbocycles. The van der Waals surface area contributed by atoms with E-state index in [4.69, 9.17) is 4.52 Å². The van der Waals surface area contributed by atoms with Gasteiger partial charge in [0.15, 0.2) is 5.82 Å². The van der Waals surface area contributed by atoms with E-state index in [0.29, 0.717) is 23.1 Å². The molecular weight excluding hydrogens is 282 g/mol. The number of anilines is 2. The van der Waals surface area contributed by atoms with Gasteiger partial charge in [-0.25, -0.2) is 9.97 Å². The molecule has 0 unspecified atom stereocenters. The summed E-state index contributed by atoms with van der Waals surface area (Å²) in [5, 5.41) is 6.72. The summed E-state index contributed by atoms with van der Waals surface area (Å²) < 4.78 is 4.96. The molecule has 0 aliphatic carbocycles. The molecule has 1 N–H and O–H groups in total. The lowest BCUT2D eigenvalue weighted by Gasteiger charge is -2.21. The van der Waals surface area contributed by atoms with Crippen molar-refractivity contribution in [3.8, 4) is 0 Å². The number of aryl methyl sites for hydroxylation is 1. The molecule has 2 rings (SSSR count). The molecule has 0 spiro atoms. The number of hydrogen-bond acceptors (Lipinski definition) is 6. The molecule has 2 aromatic heterocycles. The van der Waals surface area contributed by atoms with Crippen LogP contribution in [0.2, 0.25) is 0 Å². The lowest BCUT2D eigenvalue weighted by molar-refractivity contribution is 0.0754. The summed E-state index contributed by atoms with van der Waals surface area (Å²) >= 11 is 0. The van der Waals surface area contributed by atoms with E-state index in [0.717, 1.165) is 25.9 Å². The van der Waals surface area contributed by atoms with Crippen molar-refractivity contribution in [1.29, 1.82) is 0 Å². The molecule has 0 saturated carbocycles. The lowest BCUT2D eigenvalue weighted by atomic mass is 10.2. The maximum Gasteiger partial charge on any atom is 0.256 e. The first-order valence-corrected chi connectivity index (χ1v) is 7.45. The fourth-order valence-electron chi connectivity index (χ4n) is 2.08. The van der Waals surface area contributed by atoms with Gasteiger partial charge in [-0.3, -0.25) is 4.79 Å². The van der Waals surface area contributed by atoms with Crippen LogP contribution in [0.5, 0.6) is 0 Å². The zero-order chi connectivity index (χ0) is 15.9. The maximum atomic E-state index is 12.4. The van der Waals surface area contributed by atoms with Gasteiger partial charge < -0.3 is 14.7 Å². The molecule has 1 amide bonds. The highest BCUT2D eigenvalue weighted by Gasteiger charge is 2.15. The van der Waals surface area contributed by atoms with Crippen molar-refractivity contribution in [2.75, 3.05) is 18.4 Å². The van der Waals surface area contributed by atoms with Crippen LogP contribution in [-0.4, -0.2) is 39.0 Å². The molecule has 2 aromatic rings. The number of carbonyl (C=O) groups is 1. The second-order valence-electron chi connectivity index (χ2n) is 5.04. The Morgan fingerprint density at radius 2 is 1.86 bits per heavy atom. The third-order valence-electron chi connectivity index (χ3n) is 3.04. The van der Waals surface area contributed by atoms with Gasteiger partial charge in [-0.2, -0.15) is 0 Å². The average Bonchev–Trinajstić information content (AvgIpc) is 2.92. The molecule has 0 saturated heterocycles. The molecule has 7 nitrogen and oxygen atoms in total. The molecule has 0 aliphatic rings. The molecule has 0 bridgehead atoms. The van der Waals surface area contributed by atoms with E-state index >= 15 is 0 Å². The third-order valence-corrected chi connectivity index (χ3v) is 3.04. The third kappa shape index (κ3) is 4.03. The standard InChI is InChI=1S/C15H21N5O2/c1-4-6-20(7-5-2)14(21)12-9-16-15(17-10-12)18-13-8-11(3)22-19-13/h8-10H,4-7H2,1-3H3,(H,16,17,18,19). The fourth-order valence-corrected chi connectivity index (χ4v) is 2.08. The minimum atomic E-state index is -0.0347. The lowest BCUT2D eigenvalue weighted by Crippen LogP contribution is -2.32. The highest BCUT2D eigenvalue weighted by Crippen LogP contribution is 2.13. The number of aromatic nitrogens is 3. The second-order valence-corrected chi connectivity index (χ2v) is 5.04. The van der Waals surface area contributed by atoms with Gasteiger partial charge >= 0.3 is 0 Å². The SMILES string of the molecule is CCCN(CCC)C(=O)c1cnc(Nc2cc(C)on2)nc1. The minimum absolute atomic E-state index is 0.0347. The predicted octanol–water partition coefficient (Wildman–Crippen LogP) is 2.78. The van der Waals surface area contributed by atoms with Crippen LogP contribution in [0.15, 0.2) is 23.0 Å². The van der Waals surface area contributed by atoms with E-state index in [1.807, 2.05) is 4.90 Å². The Labute approximate surface area is 129 Å². The Hall–Kier alpha value is -2.44. The number of nitrogens with zero attached hydrogens (tertiary/aromatic N) is 4. The van der Waals surface area contributed by atoms with Gasteiger partial charge in [0.1, 0.15) is 5.76 Å². The van der Waals surface area contributed by atoms with Crippen LogP contribution < -0.4 is 5.32 Å². The van der Waals surface area contributed by atoms with Crippen molar-refractivity contribution >= 4 is 17.7 Å². The Morgan fingerprint density at radius 3 is 2.36 bits per heavy atom. The largest absolute Gasteiger partial charge is 0.360 e. The topological polar surface area (TPSA) is 84.2 Å². The van der Waals surface area contributed by atoms with E-state index in [9.17, 15) is 4.79 Å². The van der Waals surface area contributed by atoms with Gasteiger partial charge in [-0.15, -0.1) is 0 Å². The number of carbonyl (C=O) groups excluding carboxylic acids is 1. The van der Waals surface area contributed by atoms with E-state index in [-0.39, 0.29) is 5.91 Å². The summed E-state index contributed by atoms with van der Waals surface area (Å²) in [5.74, 6) is 1.58. The van der Waals surface area contributed by atoms with E-state index in [2.05, 4.69) is 34.3 Å². The zero-order valence-electron chi connectivity index (χ0n) is 13.2. The van der Waals surface area contributed by atoms with E-state index < -0.39 is 0 Å². The summed E-state index contributed by atoms with van der Waals surface area (Å²) in [6.07, 6.45) is 4.92. The number of nitrogens with one attached hydrogen (secondary N) is 1. The fraction of sp³-hybridized carbons (Fsp3) is 0.467. The van der Waals surface area contributed by atoms with Gasteiger partial charge in [0.2, 0.25) is 5.95 Å².